The number of aliphatic carboxylic acids is 1. The molecule has 6 N–H and O–H groups in total. The normalized spacial score (nSPS) is 15.0. The molecule has 1 atom stereocenters. The van der Waals surface area contributed by atoms with Crippen LogP contribution in [0, 0.1) is 6.92 Å². The zero-order valence-corrected chi connectivity index (χ0v) is 15.2. The third-order valence-corrected chi connectivity index (χ3v) is 4.35. The van der Waals surface area contributed by atoms with Gasteiger partial charge < -0.3 is 26.4 Å². The van der Waals surface area contributed by atoms with Gasteiger partial charge in [0.25, 0.3) is 0 Å². The van der Waals surface area contributed by atoms with Crippen LogP contribution in [0.2, 0.25) is 0 Å². The van der Waals surface area contributed by atoms with Gasteiger partial charge in [-0.2, -0.15) is 0 Å². The summed E-state index contributed by atoms with van der Waals surface area (Å²) < 4.78 is 0. The van der Waals surface area contributed by atoms with Gasteiger partial charge in [0.1, 0.15) is 0 Å². The third-order valence-electron chi connectivity index (χ3n) is 4.35. The fourth-order valence-corrected chi connectivity index (χ4v) is 2.86. The SMILES string of the molecule is Cc1c(-c2ccc3c(c2)CCC(C)N3)cnc(C(=O)O)c1O.NCC(=O)O. The zero-order chi connectivity index (χ0) is 20.1. The number of aromatic nitrogens is 1. The number of nitrogens with two attached hydrogens (primary N) is 1. The van der Waals surface area contributed by atoms with E-state index in [0.717, 1.165) is 29.7 Å². The summed E-state index contributed by atoms with van der Waals surface area (Å²) in [6.45, 7) is 3.59. The molecule has 1 aromatic heterocycles. The molecule has 1 aliphatic heterocycles. The van der Waals surface area contributed by atoms with Gasteiger partial charge in [-0.1, -0.05) is 6.07 Å². The van der Waals surface area contributed by atoms with Crippen molar-refractivity contribution in [3.05, 3.63) is 41.2 Å². The first-order valence-corrected chi connectivity index (χ1v) is 8.48. The summed E-state index contributed by atoms with van der Waals surface area (Å²) in [5, 5.41) is 30.1. The molecule has 1 unspecified atom stereocenters. The van der Waals surface area contributed by atoms with Crippen molar-refractivity contribution in [2.24, 2.45) is 5.73 Å². The molecule has 0 spiro atoms. The Bertz CT molecular complexity index is 867. The Morgan fingerprint density at radius 3 is 2.59 bits per heavy atom. The number of hydrogen-bond acceptors (Lipinski definition) is 6. The number of carboxylic acid groups (broad SMARTS) is 2. The van der Waals surface area contributed by atoms with Crippen LogP contribution < -0.4 is 11.1 Å². The van der Waals surface area contributed by atoms with Crippen LogP contribution in [-0.4, -0.2) is 44.8 Å². The molecule has 1 aromatic carbocycles. The maximum absolute atomic E-state index is 11.0. The van der Waals surface area contributed by atoms with Crippen molar-refractivity contribution < 1.29 is 24.9 Å². The molecule has 2 aromatic rings. The Labute approximate surface area is 156 Å². The number of carbonyl (C=O) groups is 2. The summed E-state index contributed by atoms with van der Waals surface area (Å²) >= 11 is 0. The highest BCUT2D eigenvalue weighted by atomic mass is 16.4. The second kappa shape index (κ2) is 8.50. The van der Waals surface area contributed by atoms with Crippen LogP contribution in [0.1, 0.15) is 35.0 Å². The lowest BCUT2D eigenvalue weighted by molar-refractivity contribution is -0.135. The van der Waals surface area contributed by atoms with Crippen LogP contribution in [0.4, 0.5) is 5.69 Å². The van der Waals surface area contributed by atoms with Gasteiger partial charge >= 0.3 is 11.9 Å². The lowest BCUT2D eigenvalue weighted by Gasteiger charge is -2.24. The fraction of sp³-hybridized carbons (Fsp3) is 0.316. The number of aryl methyl sites for hydroxylation is 1. The minimum absolute atomic E-state index is 0.269. The van der Waals surface area contributed by atoms with Crippen molar-refractivity contribution in [3.8, 4) is 16.9 Å². The van der Waals surface area contributed by atoms with Gasteiger partial charge in [-0.25, -0.2) is 9.78 Å². The van der Waals surface area contributed by atoms with Crippen molar-refractivity contribution in [2.45, 2.75) is 32.7 Å². The number of carboxylic acids is 2. The summed E-state index contributed by atoms with van der Waals surface area (Å²) in [5.41, 5.74) is 8.86. The van der Waals surface area contributed by atoms with Crippen LogP contribution in [0.5, 0.6) is 5.75 Å². The average Bonchev–Trinajstić information content (AvgIpc) is 2.63. The smallest absolute Gasteiger partial charge is 0.358 e. The lowest BCUT2D eigenvalue weighted by atomic mass is 9.93. The Morgan fingerprint density at radius 2 is 2.00 bits per heavy atom. The number of rotatable bonds is 3. The number of anilines is 1. The molecule has 0 aliphatic carbocycles. The molecule has 1 aliphatic rings. The minimum Gasteiger partial charge on any atom is -0.505 e. The van der Waals surface area contributed by atoms with Crippen molar-refractivity contribution in [1.82, 2.24) is 4.98 Å². The largest absolute Gasteiger partial charge is 0.505 e. The van der Waals surface area contributed by atoms with Crippen molar-refractivity contribution in [3.63, 3.8) is 0 Å². The van der Waals surface area contributed by atoms with Crippen molar-refractivity contribution >= 4 is 17.6 Å². The molecule has 2 heterocycles. The number of aromatic hydroxyl groups is 1. The highest BCUT2D eigenvalue weighted by Gasteiger charge is 2.19. The zero-order valence-electron chi connectivity index (χ0n) is 15.2. The fourth-order valence-electron chi connectivity index (χ4n) is 2.86. The van der Waals surface area contributed by atoms with Crippen LogP contribution in [-0.2, 0) is 11.2 Å². The average molecular weight is 373 g/mol. The number of nitrogens with zero attached hydrogens (tertiary/aromatic N) is 1. The third kappa shape index (κ3) is 4.73. The number of fused-ring (bicyclic) bond motifs is 1. The first kappa shape index (κ1) is 20.2. The quantitative estimate of drug-likeness (QED) is 0.550. The predicted molar refractivity (Wildman–Crippen MR) is 101 cm³/mol. The molecule has 0 saturated carbocycles. The standard InChI is InChI=1S/C17H18N2O3.C2H5NO2/c1-9-3-4-12-7-11(5-6-14(12)19-9)13-8-18-15(17(21)22)16(20)10(13)2;3-1-2(4)5/h5-9,19-20H,3-4H2,1-2H3,(H,21,22);1,3H2,(H,4,5). The first-order valence-electron chi connectivity index (χ1n) is 8.48. The van der Waals surface area contributed by atoms with E-state index in [2.05, 4.69) is 29.0 Å². The number of nitrogens with one attached hydrogen (secondary N) is 1. The maximum Gasteiger partial charge on any atom is 0.358 e. The summed E-state index contributed by atoms with van der Waals surface area (Å²) in [4.78, 5) is 24.1. The number of hydrogen-bond donors (Lipinski definition) is 5. The Morgan fingerprint density at radius 1 is 1.33 bits per heavy atom. The maximum atomic E-state index is 11.0. The van der Waals surface area contributed by atoms with Crippen LogP contribution in [0.25, 0.3) is 11.1 Å². The van der Waals surface area contributed by atoms with Gasteiger partial charge in [0.2, 0.25) is 0 Å². The highest BCUT2D eigenvalue weighted by Crippen LogP contribution is 2.34. The molecule has 0 fully saturated rings. The van der Waals surface area contributed by atoms with Gasteiger partial charge in [-0.15, -0.1) is 0 Å². The molecule has 144 valence electrons. The number of aromatic carboxylic acids is 1. The van der Waals surface area contributed by atoms with E-state index in [1.807, 2.05) is 12.1 Å². The van der Waals surface area contributed by atoms with E-state index in [1.54, 1.807) is 6.92 Å². The molecule has 0 saturated heterocycles. The predicted octanol–water partition coefficient (Wildman–Crippen LogP) is 2.24. The van der Waals surface area contributed by atoms with Gasteiger partial charge in [0, 0.05) is 29.1 Å². The molecular weight excluding hydrogens is 350 g/mol. The number of benzene rings is 1. The summed E-state index contributed by atoms with van der Waals surface area (Å²) in [5.74, 6) is -2.46. The molecular formula is C19H23N3O5. The molecule has 0 amide bonds. The highest BCUT2D eigenvalue weighted by molar-refractivity contribution is 5.90. The first-order chi connectivity index (χ1) is 12.7. The van der Waals surface area contributed by atoms with E-state index in [0.29, 0.717) is 11.6 Å². The number of pyridine rings is 1. The summed E-state index contributed by atoms with van der Waals surface area (Å²) in [6, 6.07) is 6.55. The van der Waals surface area contributed by atoms with E-state index in [-0.39, 0.29) is 18.0 Å². The van der Waals surface area contributed by atoms with E-state index >= 15 is 0 Å². The lowest BCUT2D eigenvalue weighted by Crippen LogP contribution is -2.21. The van der Waals surface area contributed by atoms with Crippen LogP contribution in [0.15, 0.2) is 24.4 Å². The Hall–Kier alpha value is -3.13. The molecule has 0 bridgehead atoms. The second-order valence-corrected chi connectivity index (χ2v) is 6.35. The Kier molecular flexibility index (Phi) is 6.36. The van der Waals surface area contributed by atoms with E-state index in [9.17, 15) is 14.7 Å². The van der Waals surface area contributed by atoms with Crippen LogP contribution in [0.3, 0.4) is 0 Å². The van der Waals surface area contributed by atoms with Gasteiger partial charge in [0.15, 0.2) is 11.4 Å². The van der Waals surface area contributed by atoms with Gasteiger partial charge in [-0.3, -0.25) is 4.79 Å². The molecule has 27 heavy (non-hydrogen) atoms. The van der Waals surface area contributed by atoms with Crippen molar-refractivity contribution in [2.75, 3.05) is 11.9 Å². The Balaban J connectivity index is 0.000000465. The monoisotopic (exact) mass is 373 g/mol. The topological polar surface area (TPSA) is 146 Å². The van der Waals surface area contributed by atoms with E-state index in [1.165, 1.54) is 11.8 Å². The van der Waals surface area contributed by atoms with E-state index < -0.39 is 11.9 Å². The van der Waals surface area contributed by atoms with Gasteiger partial charge in [-0.05, 0) is 49.9 Å². The van der Waals surface area contributed by atoms with Crippen molar-refractivity contribution in [1.29, 1.82) is 0 Å². The molecule has 8 nitrogen and oxygen atoms in total. The molecule has 8 heteroatoms. The molecule has 0 radical (unpaired) electrons. The summed E-state index contributed by atoms with van der Waals surface area (Å²) in [6.07, 6.45) is 3.60. The van der Waals surface area contributed by atoms with Gasteiger partial charge in [0.05, 0.1) is 6.54 Å². The van der Waals surface area contributed by atoms with E-state index in [4.69, 9.17) is 10.2 Å². The van der Waals surface area contributed by atoms with Crippen LogP contribution >= 0.6 is 0 Å². The minimum atomic E-state index is -1.23. The molecule has 3 rings (SSSR count). The summed E-state index contributed by atoms with van der Waals surface area (Å²) in [7, 11) is 0. The second-order valence-electron chi connectivity index (χ2n) is 6.35.